The zero-order chi connectivity index (χ0) is 18.5. The molecule has 3 aromatic rings. The average Bonchev–Trinajstić information content (AvgIpc) is 2.68. The third-order valence-corrected chi connectivity index (χ3v) is 3.77. The van der Waals surface area contributed by atoms with Gasteiger partial charge in [-0.1, -0.05) is 48.5 Å². The number of anilines is 2. The van der Waals surface area contributed by atoms with Gasteiger partial charge in [0.2, 0.25) is 0 Å². The van der Waals surface area contributed by atoms with Crippen molar-refractivity contribution in [2.75, 3.05) is 10.2 Å². The molecule has 1 N–H and O–H groups in total. The highest BCUT2D eigenvalue weighted by molar-refractivity contribution is 6.01. The molecule has 3 nitrogen and oxygen atoms in total. The molecule has 6 heteroatoms. The first kappa shape index (κ1) is 17.5. The van der Waals surface area contributed by atoms with Crippen molar-refractivity contribution in [1.82, 2.24) is 0 Å². The molecule has 0 unspecified atom stereocenters. The van der Waals surface area contributed by atoms with Crippen LogP contribution in [-0.2, 0) is 6.54 Å². The lowest BCUT2D eigenvalue weighted by molar-refractivity contribution is 0.256. The number of hydrogen-bond donors (Lipinski definition) is 1. The molecule has 0 saturated carbocycles. The molecule has 0 radical (unpaired) electrons. The number of para-hydroxylation sites is 1. The molecular weight excluding hydrogens is 341 g/mol. The summed E-state index contributed by atoms with van der Waals surface area (Å²) in [5.74, 6) is -4.38. The van der Waals surface area contributed by atoms with Gasteiger partial charge < -0.3 is 5.32 Å². The van der Waals surface area contributed by atoms with E-state index in [1.807, 2.05) is 30.3 Å². The van der Waals surface area contributed by atoms with Gasteiger partial charge in [-0.05, 0) is 29.8 Å². The molecule has 26 heavy (non-hydrogen) atoms. The summed E-state index contributed by atoms with van der Waals surface area (Å²) in [5, 5.41) is 2.30. The van der Waals surface area contributed by atoms with Gasteiger partial charge in [-0.25, -0.2) is 18.0 Å². The van der Waals surface area contributed by atoms with Crippen LogP contribution in [0.3, 0.4) is 0 Å². The van der Waals surface area contributed by atoms with Gasteiger partial charge in [0.05, 0.1) is 12.2 Å². The lowest BCUT2D eigenvalue weighted by Gasteiger charge is -2.23. The van der Waals surface area contributed by atoms with E-state index in [-0.39, 0.29) is 6.54 Å². The Balaban J connectivity index is 1.89. The van der Waals surface area contributed by atoms with E-state index in [2.05, 4.69) is 5.32 Å². The first-order valence-corrected chi connectivity index (χ1v) is 7.87. The van der Waals surface area contributed by atoms with Crippen molar-refractivity contribution in [2.24, 2.45) is 0 Å². The Morgan fingerprint density at radius 3 is 2.08 bits per heavy atom. The van der Waals surface area contributed by atoms with Gasteiger partial charge in [-0.3, -0.25) is 4.90 Å². The lowest BCUT2D eigenvalue weighted by Crippen LogP contribution is -2.34. The van der Waals surface area contributed by atoms with Crippen molar-refractivity contribution in [2.45, 2.75) is 6.54 Å². The Labute approximate surface area is 148 Å². The van der Waals surface area contributed by atoms with Crippen LogP contribution < -0.4 is 10.2 Å². The lowest BCUT2D eigenvalue weighted by atomic mass is 10.2. The van der Waals surface area contributed by atoms with E-state index in [0.717, 1.165) is 17.7 Å². The van der Waals surface area contributed by atoms with Crippen molar-refractivity contribution in [3.63, 3.8) is 0 Å². The van der Waals surface area contributed by atoms with Gasteiger partial charge in [0.25, 0.3) is 0 Å². The number of nitrogens with zero attached hydrogens (tertiary/aromatic N) is 1. The van der Waals surface area contributed by atoms with Crippen LogP contribution in [0.2, 0.25) is 0 Å². The summed E-state index contributed by atoms with van der Waals surface area (Å²) in [6, 6.07) is 19.1. The highest BCUT2D eigenvalue weighted by Gasteiger charge is 2.20. The maximum absolute atomic E-state index is 13.9. The second kappa shape index (κ2) is 7.74. The van der Waals surface area contributed by atoms with Crippen LogP contribution in [0.25, 0.3) is 0 Å². The van der Waals surface area contributed by atoms with Gasteiger partial charge in [0, 0.05) is 5.69 Å². The molecule has 0 aliphatic carbocycles. The summed E-state index contributed by atoms with van der Waals surface area (Å²) in [5.41, 5.74) is 1.01. The molecule has 2 amide bonds. The summed E-state index contributed by atoms with van der Waals surface area (Å²) in [7, 11) is 0. The number of carbonyl (C=O) groups is 1. The smallest absolute Gasteiger partial charge is 0.305 e. The van der Waals surface area contributed by atoms with Crippen molar-refractivity contribution in [3.05, 3.63) is 95.8 Å². The molecule has 0 bridgehead atoms. The molecule has 3 aromatic carbocycles. The van der Waals surface area contributed by atoms with E-state index in [0.29, 0.717) is 5.69 Å². The Morgan fingerprint density at radius 2 is 1.42 bits per heavy atom. The summed E-state index contributed by atoms with van der Waals surface area (Å²) < 4.78 is 40.3. The van der Waals surface area contributed by atoms with Crippen molar-refractivity contribution in [1.29, 1.82) is 0 Å². The van der Waals surface area contributed by atoms with Gasteiger partial charge >= 0.3 is 6.03 Å². The Morgan fingerprint density at radius 1 is 0.808 bits per heavy atom. The third kappa shape index (κ3) is 3.85. The molecule has 0 aromatic heterocycles. The first-order valence-electron chi connectivity index (χ1n) is 7.87. The number of benzene rings is 3. The molecule has 0 heterocycles. The predicted octanol–water partition coefficient (Wildman–Crippen LogP) is 5.34. The van der Waals surface area contributed by atoms with Gasteiger partial charge in [-0.2, -0.15) is 0 Å². The summed E-state index contributed by atoms with van der Waals surface area (Å²) in [6.07, 6.45) is 0. The Bertz CT molecular complexity index is 902. The van der Waals surface area contributed by atoms with Crippen molar-refractivity contribution >= 4 is 17.4 Å². The third-order valence-electron chi connectivity index (χ3n) is 3.77. The van der Waals surface area contributed by atoms with Crippen LogP contribution in [0, 0.1) is 17.5 Å². The highest BCUT2D eigenvalue weighted by atomic mass is 19.2. The molecule has 3 rings (SSSR count). The van der Waals surface area contributed by atoms with Crippen LogP contribution in [0.1, 0.15) is 5.56 Å². The number of nitrogens with one attached hydrogen (secondary N) is 1. The minimum atomic E-state index is -1.63. The van der Waals surface area contributed by atoms with Crippen LogP contribution in [-0.4, -0.2) is 6.03 Å². The largest absolute Gasteiger partial charge is 0.326 e. The van der Waals surface area contributed by atoms with E-state index in [4.69, 9.17) is 0 Å². The summed E-state index contributed by atoms with van der Waals surface area (Å²) in [6.45, 7) is 0.224. The minimum Gasteiger partial charge on any atom is -0.305 e. The van der Waals surface area contributed by atoms with E-state index >= 15 is 0 Å². The monoisotopic (exact) mass is 356 g/mol. The molecule has 0 atom stereocenters. The molecule has 0 aliphatic heterocycles. The van der Waals surface area contributed by atoms with E-state index in [9.17, 15) is 18.0 Å². The zero-order valence-electron chi connectivity index (χ0n) is 13.6. The van der Waals surface area contributed by atoms with Crippen LogP contribution in [0.15, 0.2) is 72.8 Å². The van der Waals surface area contributed by atoms with Crippen molar-refractivity contribution in [3.8, 4) is 0 Å². The number of carbonyl (C=O) groups excluding carboxylic acids is 1. The number of hydrogen-bond acceptors (Lipinski definition) is 1. The molecule has 132 valence electrons. The fraction of sp³-hybridized carbons (Fsp3) is 0.0500. The fourth-order valence-corrected chi connectivity index (χ4v) is 2.46. The van der Waals surface area contributed by atoms with Crippen LogP contribution in [0.4, 0.5) is 29.3 Å². The quantitative estimate of drug-likeness (QED) is 0.629. The summed E-state index contributed by atoms with van der Waals surface area (Å²) >= 11 is 0. The summed E-state index contributed by atoms with van der Waals surface area (Å²) in [4.78, 5) is 14.1. The SMILES string of the molecule is O=C(Nc1ccc(F)c(F)c1F)N(Cc1ccccc1)c1ccccc1. The van der Waals surface area contributed by atoms with E-state index < -0.39 is 29.2 Å². The van der Waals surface area contributed by atoms with E-state index in [1.165, 1.54) is 4.90 Å². The molecule has 0 spiro atoms. The standard InChI is InChI=1S/C20H15F3N2O/c21-16-11-12-17(19(23)18(16)22)24-20(26)25(15-9-5-2-6-10-15)13-14-7-3-1-4-8-14/h1-12H,13H2,(H,24,26). The van der Waals surface area contributed by atoms with E-state index in [1.54, 1.807) is 30.3 Å². The van der Waals surface area contributed by atoms with Gasteiger partial charge in [0.15, 0.2) is 17.5 Å². The normalized spacial score (nSPS) is 10.4. The topological polar surface area (TPSA) is 32.3 Å². The number of urea groups is 1. The number of amides is 2. The molecule has 0 saturated heterocycles. The molecule has 0 fully saturated rings. The van der Waals surface area contributed by atoms with Crippen LogP contribution >= 0.6 is 0 Å². The van der Waals surface area contributed by atoms with Crippen molar-refractivity contribution < 1.29 is 18.0 Å². The highest BCUT2D eigenvalue weighted by Crippen LogP contribution is 2.22. The Kier molecular flexibility index (Phi) is 5.22. The maximum Gasteiger partial charge on any atom is 0.326 e. The second-order valence-corrected chi connectivity index (χ2v) is 5.56. The number of halogens is 3. The predicted molar refractivity (Wildman–Crippen MR) is 94.4 cm³/mol. The number of rotatable bonds is 4. The average molecular weight is 356 g/mol. The second-order valence-electron chi connectivity index (χ2n) is 5.56. The Hall–Kier alpha value is -3.28. The molecule has 0 aliphatic rings. The maximum atomic E-state index is 13.9. The van der Waals surface area contributed by atoms with Crippen LogP contribution in [0.5, 0.6) is 0 Å². The molecular formula is C20H15F3N2O. The first-order chi connectivity index (χ1) is 12.6. The minimum absolute atomic E-state index is 0.224. The fourth-order valence-electron chi connectivity index (χ4n) is 2.46. The van der Waals surface area contributed by atoms with Gasteiger partial charge in [0.1, 0.15) is 0 Å². The van der Waals surface area contributed by atoms with Gasteiger partial charge in [-0.15, -0.1) is 0 Å². The zero-order valence-corrected chi connectivity index (χ0v) is 13.6.